The number of pyridine rings is 1. The minimum atomic E-state index is -0.122. The first-order valence-corrected chi connectivity index (χ1v) is 6.17. The first kappa shape index (κ1) is 12.5. The van der Waals surface area contributed by atoms with Gasteiger partial charge in [0.2, 0.25) is 11.8 Å². The van der Waals surface area contributed by atoms with Crippen molar-refractivity contribution in [2.45, 2.75) is 13.8 Å². The minimum Gasteiger partial charge on any atom is -0.481 e. The summed E-state index contributed by atoms with van der Waals surface area (Å²) >= 11 is 1.43. The molecule has 2 heterocycles. The first-order valence-electron chi connectivity index (χ1n) is 5.35. The highest BCUT2D eigenvalue weighted by Gasteiger charge is 2.11. The smallest absolute Gasteiger partial charge is 0.223 e. The van der Waals surface area contributed by atoms with Gasteiger partial charge in [0, 0.05) is 24.8 Å². The number of carbonyl (C=O) groups excluding carboxylic acids is 1. The predicted octanol–water partition coefficient (Wildman–Crippen LogP) is 2.48. The number of rotatable bonds is 3. The number of aromatic nitrogens is 2. The van der Waals surface area contributed by atoms with Crippen molar-refractivity contribution in [3.8, 4) is 16.3 Å². The highest BCUT2D eigenvalue weighted by molar-refractivity contribution is 7.19. The van der Waals surface area contributed by atoms with Crippen LogP contribution in [0.15, 0.2) is 18.3 Å². The zero-order valence-electron chi connectivity index (χ0n) is 10.4. The summed E-state index contributed by atoms with van der Waals surface area (Å²) in [5, 5.41) is 3.28. The molecule has 0 aliphatic heterocycles. The van der Waals surface area contributed by atoms with Crippen molar-refractivity contribution in [2.75, 3.05) is 12.4 Å². The molecule has 0 bridgehead atoms. The number of thiazole rings is 1. The molecule has 0 aromatic carbocycles. The average Bonchev–Trinajstić information content (AvgIpc) is 2.69. The van der Waals surface area contributed by atoms with Crippen molar-refractivity contribution in [2.24, 2.45) is 0 Å². The van der Waals surface area contributed by atoms with Crippen LogP contribution < -0.4 is 10.1 Å². The molecule has 0 aliphatic rings. The van der Waals surface area contributed by atoms with Crippen molar-refractivity contribution in [3.63, 3.8) is 0 Å². The van der Waals surface area contributed by atoms with Gasteiger partial charge in [-0.1, -0.05) is 11.3 Å². The maximum atomic E-state index is 11.0. The third-order valence-electron chi connectivity index (χ3n) is 2.29. The molecule has 2 aromatic heterocycles. The molecule has 18 heavy (non-hydrogen) atoms. The Balaban J connectivity index is 2.31. The summed E-state index contributed by atoms with van der Waals surface area (Å²) in [7, 11) is 1.58. The Bertz CT molecular complexity index is 563. The standard InChI is InChI=1S/C12H13N3O2S/c1-7-11(18-12(14-7)15-8(2)16)9-4-5-10(17-3)13-6-9/h4-6H,1-3H3,(H,14,15,16). The van der Waals surface area contributed by atoms with Crippen LogP contribution in [0.2, 0.25) is 0 Å². The van der Waals surface area contributed by atoms with E-state index in [0.29, 0.717) is 11.0 Å². The summed E-state index contributed by atoms with van der Waals surface area (Å²) < 4.78 is 5.01. The first-order chi connectivity index (χ1) is 8.60. The summed E-state index contributed by atoms with van der Waals surface area (Å²) in [6.07, 6.45) is 1.73. The van der Waals surface area contributed by atoms with Crippen LogP contribution in [0.25, 0.3) is 10.4 Å². The molecule has 0 saturated heterocycles. The third-order valence-corrected chi connectivity index (χ3v) is 3.41. The van der Waals surface area contributed by atoms with Crippen LogP contribution in [0, 0.1) is 6.92 Å². The number of amides is 1. The van der Waals surface area contributed by atoms with Gasteiger partial charge in [0.1, 0.15) is 0 Å². The topological polar surface area (TPSA) is 64.1 Å². The van der Waals surface area contributed by atoms with Crippen molar-refractivity contribution in [1.82, 2.24) is 9.97 Å². The highest BCUT2D eigenvalue weighted by Crippen LogP contribution is 2.32. The van der Waals surface area contributed by atoms with Gasteiger partial charge < -0.3 is 10.1 Å². The second-order valence-electron chi connectivity index (χ2n) is 3.70. The van der Waals surface area contributed by atoms with E-state index in [1.54, 1.807) is 19.4 Å². The van der Waals surface area contributed by atoms with Crippen LogP contribution in [-0.2, 0) is 4.79 Å². The maximum absolute atomic E-state index is 11.0. The lowest BCUT2D eigenvalue weighted by Crippen LogP contribution is -2.04. The quantitative estimate of drug-likeness (QED) is 0.924. The van der Waals surface area contributed by atoms with E-state index in [9.17, 15) is 4.79 Å². The number of carbonyl (C=O) groups is 1. The summed E-state index contributed by atoms with van der Waals surface area (Å²) in [4.78, 5) is 20.4. The number of ether oxygens (including phenoxy) is 1. The van der Waals surface area contributed by atoms with E-state index >= 15 is 0 Å². The lowest BCUT2D eigenvalue weighted by atomic mass is 10.2. The molecule has 94 valence electrons. The molecule has 2 aromatic rings. The van der Waals surface area contributed by atoms with Crippen LogP contribution in [0.4, 0.5) is 5.13 Å². The van der Waals surface area contributed by atoms with Gasteiger partial charge >= 0.3 is 0 Å². The number of anilines is 1. The Morgan fingerprint density at radius 3 is 2.78 bits per heavy atom. The lowest BCUT2D eigenvalue weighted by molar-refractivity contribution is -0.114. The highest BCUT2D eigenvalue weighted by atomic mass is 32.1. The van der Waals surface area contributed by atoms with Crippen molar-refractivity contribution in [3.05, 3.63) is 24.0 Å². The van der Waals surface area contributed by atoms with Gasteiger partial charge in [-0.25, -0.2) is 9.97 Å². The summed E-state index contributed by atoms with van der Waals surface area (Å²) in [6, 6.07) is 3.72. The van der Waals surface area contributed by atoms with Gasteiger partial charge in [0.15, 0.2) is 5.13 Å². The van der Waals surface area contributed by atoms with E-state index in [4.69, 9.17) is 4.74 Å². The molecule has 0 aliphatic carbocycles. The molecule has 0 saturated carbocycles. The zero-order chi connectivity index (χ0) is 13.1. The molecule has 5 nitrogen and oxygen atoms in total. The van der Waals surface area contributed by atoms with E-state index in [0.717, 1.165) is 16.1 Å². The van der Waals surface area contributed by atoms with Crippen molar-refractivity contribution >= 4 is 22.4 Å². The van der Waals surface area contributed by atoms with Gasteiger partial charge in [-0.3, -0.25) is 4.79 Å². The van der Waals surface area contributed by atoms with E-state index < -0.39 is 0 Å². The fourth-order valence-electron chi connectivity index (χ4n) is 1.50. The van der Waals surface area contributed by atoms with Gasteiger partial charge in [-0.2, -0.15) is 0 Å². The third kappa shape index (κ3) is 2.65. The Morgan fingerprint density at radius 2 is 2.22 bits per heavy atom. The van der Waals surface area contributed by atoms with E-state index in [1.807, 2.05) is 13.0 Å². The number of hydrogen-bond acceptors (Lipinski definition) is 5. The molecule has 1 amide bonds. The van der Waals surface area contributed by atoms with Crippen LogP contribution in [0.1, 0.15) is 12.6 Å². The number of methoxy groups -OCH3 is 1. The molecule has 0 unspecified atom stereocenters. The summed E-state index contributed by atoms with van der Waals surface area (Å²) in [5.41, 5.74) is 1.83. The van der Waals surface area contributed by atoms with E-state index in [2.05, 4.69) is 15.3 Å². The molecule has 6 heteroatoms. The Morgan fingerprint density at radius 1 is 1.44 bits per heavy atom. The molecule has 2 rings (SSSR count). The molecular formula is C12H13N3O2S. The van der Waals surface area contributed by atoms with Crippen LogP contribution >= 0.6 is 11.3 Å². The van der Waals surface area contributed by atoms with Gasteiger partial charge in [-0.05, 0) is 13.0 Å². The molecule has 0 atom stereocenters. The number of nitrogens with one attached hydrogen (secondary N) is 1. The Hall–Kier alpha value is -1.95. The Kier molecular flexibility index (Phi) is 3.57. The molecule has 1 N–H and O–H groups in total. The molecular weight excluding hydrogens is 250 g/mol. The summed E-state index contributed by atoms with van der Waals surface area (Å²) in [6.45, 7) is 3.37. The van der Waals surface area contributed by atoms with Crippen LogP contribution in [-0.4, -0.2) is 23.0 Å². The Labute approximate surface area is 109 Å². The molecule has 0 fully saturated rings. The lowest BCUT2D eigenvalue weighted by Gasteiger charge is -2.00. The molecule has 0 radical (unpaired) electrons. The van der Waals surface area contributed by atoms with Crippen molar-refractivity contribution < 1.29 is 9.53 Å². The zero-order valence-corrected chi connectivity index (χ0v) is 11.2. The van der Waals surface area contributed by atoms with Gasteiger partial charge in [0.25, 0.3) is 0 Å². The van der Waals surface area contributed by atoms with Crippen LogP contribution in [0.5, 0.6) is 5.88 Å². The van der Waals surface area contributed by atoms with E-state index in [1.165, 1.54) is 18.3 Å². The maximum Gasteiger partial charge on any atom is 0.223 e. The monoisotopic (exact) mass is 263 g/mol. The molecule has 0 spiro atoms. The fraction of sp³-hybridized carbons (Fsp3) is 0.250. The minimum absolute atomic E-state index is 0.122. The summed E-state index contributed by atoms with van der Waals surface area (Å²) in [5.74, 6) is 0.450. The SMILES string of the molecule is COc1ccc(-c2sc(NC(C)=O)nc2C)cn1. The number of hydrogen-bond donors (Lipinski definition) is 1. The normalized spacial score (nSPS) is 10.2. The van der Waals surface area contributed by atoms with Gasteiger partial charge in [0.05, 0.1) is 17.7 Å². The predicted molar refractivity (Wildman–Crippen MR) is 70.9 cm³/mol. The fourth-order valence-corrected chi connectivity index (χ4v) is 2.51. The number of aryl methyl sites for hydroxylation is 1. The average molecular weight is 263 g/mol. The second kappa shape index (κ2) is 5.14. The van der Waals surface area contributed by atoms with Gasteiger partial charge in [-0.15, -0.1) is 0 Å². The second-order valence-corrected chi connectivity index (χ2v) is 4.70. The van der Waals surface area contributed by atoms with Crippen molar-refractivity contribution in [1.29, 1.82) is 0 Å². The van der Waals surface area contributed by atoms with E-state index in [-0.39, 0.29) is 5.91 Å². The largest absolute Gasteiger partial charge is 0.481 e. The number of nitrogens with zero attached hydrogens (tertiary/aromatic N) is 2. The van der Waals surface area contributed by atoms with Crippen LogP contribution in [0.3, 0.4) is 0 Å².